The summed E-state index contributed by atoms with van der Waals surface area (Å²) in [5.74, 6) is -0.722. The van der Waals surface area contributed by atoms with Crippen LogP contribution in [0.5, 0.6) is 11.8 Å². The minimum absolute atomic E-state index is 0.0553. The summed E-state index contributed by atoms with van der Waals surface area (Å²) in [5.41, 5.74) is 3.60. The van der Waals surface area contributed by atoms with Crippen LogP contribution in [0, 0.1) is 5.82 Å². The molecule has 2 N–H and O–H groups in total. The van der Waals surface area contributed by atoms with Gasteiger partial charge in [0.1, 0.15) is 0 Å². The van der Waals surface area contributed by atoms with Gasteiger partial charge in [0.05, 0.1) is 22.3 Å². The second kappa shape index (κ2) is 6.86. The number of hydrogen-bond donors (Lipinski definition) is 2. The fourth-order valence-corrected chi connectivity index (χ4v) is 5.47. The first-order chi connectivity index (χ1) is 16.4. The Hall–Kier alpha value is -3.30. The second-order valence-corrected chi connectivity index (χ2v) is 9.82. The number of H-pyrrole nitrogens is 1. The van der Waals surface area contributed by atoms with E-state index < -0.39 is 5.82 Å². The van der Waals surface area contributed by atoms with Gasteiger partial charge in [0, 0.05) is 59.5 Å². The minimum atomic E-state index is -0.611. The van der Waals surface area contributed by atoms with Gasteiger partial charge in [0.15, 0.2) is 5.82 Å². The quantitative estimate of drug-likeness (QED) is 0.425. The van der Waals surface area contributed by atoms with Crippen LogP contribution in [-0.4, -0.2) is 50.9 Å². The standard InChI is InChI=1S/C24H20ClFN6O2/c1-32-7-4-14-13(9-32)21(31-23(25)29-14)34-22-17(26)15-11(8-27-22)2-3-12-16-19(30-18(12)15)24(5-6-24)10-28-20(16)33/h2-3,8,30H,4-7,9-10H2,1H3,(H,28,33). The summed E-state index contributed by atoms with van der Waals surface area (Å²) in [4.78, 5) is 31.0. The van der Waals surface area contributed by atoms with Crippen molar-refractivity contribution in [1.29, 1.82) is 0 Å². The van der Waals surface area contributed by atoms with Gasteiger partial charge in [-0.25, -0.2) is 14.4 Å². The van der Waals surface area contributed by atoms with E-state index in [2.05, 4.69) is 30.2 Å². The highest BCUT2D eigenvalue weighted by Crippen LogP contribution is 2.52. The summed E-state index contributed by atoms with van der Waals surface area (Å²) in [5, 5.41) is 4.70. The number of rotatable bonds is 2. The predicted octanol–water partition coefficient (Wildman–Crippen LogP) is 3.85. The van der Waals surface area contributed by atoms with E-state index in [1.807, 2.05) is 13.1 Å². The fraction of sp³-hybridized carbons (Fsp3) is 0.333. The molecular formula is C24H20ClFN6O2. The van der Waals surface area contributed by atoms with Crippen LogP contribution in [0.25, 0.3) is 21.7 Å². The van der Waals surface area contributed by atoms with Crippen LogP contribution in [-0.2, 0) is 18.4 Å². The van der Waals surface area contributed by atoms with Crippen molar-refractivity contribution in [3.8, 4) is 11.8 Å². The third kappa shape index (κ3) is 2.80. The van der Waals surface area contributed by atoms with E-state index in [1.165, 1.54) is 0 Å². The molecule has 5 heterocycles. The molecule has 1 saturated carbocycles. The summed E-state index contributed by atoms with van der Waals surface area (Å²) >= 11 is 6.13. The first kappa shape index (κ1) is 20.1. The highest BCUT2D eigenvalue weighted by Gasteiger charge is 2.51. The number of nitrogens with zero attached hydrogens (tertiary/aromatic N) is 4. The summed E-state index contributed by atoms with van der Waals surface area (Å²) in [7, 11) is 1.99. The Morgan fingerprint density at radius 2 is 2.09 bits per heavy atom. The number of carbonyl (C=O) groups excluding carboxylic acids is 1. The molecule has 10 heteroatoms. The van der Waals surface area contributed by atoms with Crippen molar-refractivity contribution in [2.45, 2.75) is 31.2 Å². The van der Waals surface area contributed by atoms with Gasteiger partial charge in [0.2, 0.25) is 11.2 Å². The SMILES string of the molecule is CN1CCc2nc(Cl)nc(Oc3ncc4ccc5c6c([nH]c5c4c3F)C3(CC3)CNC6=O)c2C1. The molecular weight excluding hydrogens is 459 g/mol. The maximum absolute atomic E-state index is 16.0. The first-order valence-electron chi connectivity index (χ1n) is 11.3. The lowest BCUT2D eigenvalue weighted by Gasteiger charge is -2.25. The number of aromatic nitrogens is 4. The molecule has 7 rings (SSSR count). The van der Waals surface area contributed by atoms with E-state index in [1.54, 1.807) is 12.3 Å². The number of nitrogens with one attached hydrogen (secondary N) is 2. The van der Waals surface area contributed by atoms with Gasteiger partial charge in [-0.3, -0.25) is 4.79 Å². The van der Waals surface area contributed by atoms with Crippen LogP contribution >= 0.6 is 11.6 Å². The highest BCUT2D eigenvalue weighted by molar-refractivity contribution is 6.28. The summed E-state index contributed by atoms with van der Waals surface area (Å²) < 4.78 is 21.9. The van der Waals surface area contributed by atoms with Crippen LogP contribution in [0.2, 0.25) is 5.28 Å². The average Bonchev–Trinajstić information content (AvgIpc) is 3.48. The van der Waals surface area contributed by atoms with E-state index in [-0.39, 0.29) is 28.4 Å². The Morgan fingerprint density at radius 3 is 2.91 bits per heavy atom. The van der Waals surface area contributed by atoms with Gasteiger partial charge in [-0.05, 0) is 31.5 Å². The van der Waals surface area contributed by atoms with E-state index in [9.17, 15) is 4.79 Å². The molecule has 34 heavy (non-hydrogen) atoms. The molecule has 172 valence electrons. The molecule has 0 saturated heterocycles. The van der Waals surface area contributed by atoms with Crippen molar-refractivity contribution < 1.29 is 13.9 Å². The number of amides is 1. The molecule has 1 amide bonds. The van der Waals surface area contributed by atoms with E-state index in [0.29, 0.717) is 46.7 Å². The zero-order chi connectivity index (χ0) is 23.2. The molecule has 1 aromatic carbocycles. The fourth-order valence-electron chi connectivity index (χ4n) is 5.29. The van der Waals surface area contributed by atoms with Gasteiger partial charge in [-0.2, -0.15) is 4.98 Å². The molecule has 0 radical (unpaired) electrons. The summed E-state index contributed by atoms with van der Waals surface area (Å²) in [6.07, 6.45) is 4.27. The highest BCUT2D eigenvalue weighted by atomic mass is 35.5. The molecule has 8 nitrogen and oxygen atoms in total. The van der Waals surface area contributed by atoms with Crippen molar-refractivity contribution in [1.82, 2.24) is 30.2 Å². The van der Waals surface area contributed by atoms with Crippen molar-refractivity contribution in [3.05, 3.63) is 51.9 Å². The van der Waals surface area contributed by atoms with Gasteiger partial charge in [-0.15, -0.1) is 0 Å². The topological polar surface area (TPSA) is 96.0 Å². The number of benzene rings is 1. The molecule has 2 aliphatic heterocycles. The van der Waals surface area contributed by atoms with Crippen molar-refractivity contribution in [2.75, 3.05) is 20.1 Å². The Labute approximate surface area is 198 Å². The molecule has 3 aromatic heterocycles. The molecule has 4 aromatic rings. The lowest BCUT2D eigenvalue weighted by atomic mass is 9.93. The van der Waals surface area contributed by atoms with Crippen LogP contribution in [0.15, 0.2) is 18.3 Å². The van der Waals surface area contributed by atoms with Gasteiger partial charge in [-0.1, -0.05) is 12.1 Å². The van der Waals surface area contributed by atoms with Crippen LogP contribution in [0.1, 0.15) is 40.2 Å². The molecule has 1 fully saturated rings. The molecule has 1 aliphatic carbocycles. The van der Waals surface area contributed by atoms with E-state index >= 15 is 4.39 Å². The molecule has 0 atom stereocenters. The number of fused-ring (bicyclic) bond motifs is 7. The molecule has 1 spiro atoms. The molecule has 0 unspecified atom stereocenters. The zero-order valence-electron chi connectivity index (χ0n) is 18.3. The Kier molecular flexibility index (Phi) is 4.06. The molecule has 3 aliphatic rings. The van der Waals surface area contributed by atoms with Gasteiger partial charge in [0.25, 0.3) is 11.8 Å². The van der Waals surface area contributed by atoms with Crippen molar-refractivity contribution in [2.24, 2.45) is 0 Å². The largest absolute Gasteiger partial charge is 0.417 e. The van der Waals surface area contributed by atoms with Crippen LogP contribution in [0.3, 0.4) is 0 Å². The minimum Gasteiger partial charge on any atom is -0.417 e. The number of aromatic amines is 1. The molecule has 0 bridgehead atoms. The predicted molar refractivity (Wildman–Crippen MR) is 124 cm³/mol. The number of carbonyl (C=O) groups is 1. The lowest BCUT2D eigenvalue weighted by Crippen LogP contribution is -2.38. The zero-order valence-corrected chi connectivity index (χ0v) is 19.1. The Balaban J connectivity index is 1.41. The van der Waals surface area contributed by atoms with Crippen molar-refractivity contribution in [3.63, 3.8) is 0 Å². The number of halogens is 2. The third-order valence-corrected chi connectivity index (χ3v) is 7.48. The van der Waals surface area contributed by atoms with Crippen LogP contribution < -0.4 is 10.1 Å². The summed E-state index contributed by atoms with van der Waals surface area (Å²) in [6.45, 7) is 2.02. The number of ether oxygens (including phenoxy) is 1. The van der Waals surface area contributed by atoms with E-state index in [0.717, 1.165) is 36.3 Å². The van der Waals surface area contributed by atoms with Crippen LogP contribution in [0.4, 0.5) is 4.39 Å². The maximum Gasteiger partial charge on any atom is 0.258 e. The normalized spacial score (nSPS) is 18.7. The number of likely N-dealkylation sites (N-methyl/N-ethyl adjacent to an activating group) is 1. The summed E-state index contributed by atoms with van der Waals surface area (Å²) in [6, 6.07) is 3.64. The number of pyridine rings is 1. The van der Waals surface area contributed by atoms with Gasteiger partial charge < -0.3 is 19.9 Å². The average molecular weight is 479 g/mol. The Bertz CT molecular complexity index is 1550. The van der Waals surface area contributed by atoms with Crippen molar-refractivity contribution >= 4 is 39.2 Å². The lowest BCUT2D eigenvalue weighted by molar-refractivity contribution is 0.0939. The third-order valence-electron chi connectivity index (χ3n) is 7.31. The Morgan fingerprint density at radius 1 is 1.24 bits per heavy atom. The van der Waals surface area contributed by atoms with Gasteiger partial charge >= 0.3 is 0 Å². The monoisotopic (exact) mass is 478 g/mol. The smallest absolute Gasteiger partial charge is 0.258 e. The first-order valence-corrected chi connectivity index (χ1v) is 11.6. The maximum atomic E-state index is 16.0. The number of hydrogen-bond acceptors (Lipinski definition) is 6. The van der Waals surface area contributed by atoms with E-state index in [4.69, 9.17) is 16.3 Å². The second-order valence-electron chi connectivity index (χ2n) is 9.48.